The Morgan fingerprint density at radius 2 is 2.16 bits per heavy atom. The smallest absolute Gasteiger partial charge is 0.246 e. The Kier molecular flexibility index (Phi) is 4.20. The number of aromatic amines is 1. The molecule has 0 spiro atoms. The first kappa shape index (κ1) is 14.0. The number of rotatable bonds is 3. The van der Waals surface area contributed by atoms with E-state index < -0.39 is 10.0 Å². The molecule has 106 valence electrons. The van der Waals surface area contributed by atoms with Gasteiger partial charge in [-0.2, -0.15) is 9.40 Å². The fourth-order valence-electron chi connectivity index (χ4n) is 2.14. The van der Waals surface area contributed by atoms with Gasteiger partial charge in [0.1, 0.15) is 4.90 Å². The van der Waals surface area contributed by atoms with Crippen molar-refractivity contribution >= 4 is 15.9 Å². The molecule has 7 nitrogen and oxygen atoms in total. The number of aromatic nitrogens is 2. The van der Waals surface area contributed by atoms with Gasteiger partial charge in [-0.25, -0.2) is 8.42 Å². The molecule has 1 saturated heterocycles. The van der Waals surface area contributed by atoms with E-state index in [1.807, 2.05) is 6.92 Å². The van der Waals surface area contributed by atoms with Crippen LogP contribution < -0.4 is 0 Å². The fourth-order valence-corrected chi connectivity index (χ4v) is 3.51. The number of sulfonamides is 1. The van der Waals surface area contributed by atoms with Crippen LogP contribution >= 0.6 is 0 Å². The number of hydrogen-bond acceptors (Lipinski definition) is 4. The van der Waals surface area contributed by atoms with E-state index >= 15 is 0 Å². The summed E-state index contributed by atoms with van der Waals surface area (Å²) in [6.07, 6.45) is 3.78. The topological polar surface area (TPSA) is 86.4 Å². The van der Waals surface area contributed by atoms with Crippen LogP contribution in [0.5, 0.6) is 0 Å². The van der Waals surface area contributed by atoms with Crippen molar-refractivity contribution in [2.45, 2.75) is 24.7 Å². The second-order valence-electron chi connectivity index (χ2n) is 4.43. The van der Waals surface area contributed by atoms with Crippen LogP contribution in [-0.4, -0.2) is 59.9 Å². The van der Waals surface area contributed by atoms with Crippen LogP contribution in [0.1, 0.15) is 19.8 Å². The first-order valence-electron chi connectivity index (χ1n) is 6.32. The quantitative estimate of drug-likeness (QED) is 0.850. The van der Waals surface area contributed by atoms with Crippen LogP contribution in [0, 0.1) is 0 Å². The van der Waals surface area contributed by atoms with Crippen LogP contribution in [0.2, 0.25) is 0 Å². The Morgan fingerprint density at radius 3 is 2.79 bits per heavy atom. The van der Waals surface area contributed by atoms with Crippen molar-refractivity contribution in [3.63, 3.8) is 0 Å². The number of carbonyl (C=O) groups excluding carboxylic acids is 1. The van der Waals surface area contributed by atoms with Gasteiger partial charge in [0.25, 0.3) is 0 Å². The number of H-pyrrole nitrogens is 1. The third-order valence-corrected chi connectivity index (χ3v) is 5.08. The van der Waals surface area contributed by atoms with Crippen molar-refractivity contribution in [1.82, 2.24) is 19.4 Å². The van der Waals surface area contributed by atoms with Crippen molar-refractivity contribution < 1.29 is 13.2 Å². The molecule has 1 aliphatic heterocycles. The summed E-state index contributed by atoms with van der Waals surface area (Å²) >= 11 is 0. The number of nitrogens with zero attached hydrogens (tertiary/aromatic N) is 3. The number of nitrogens with one attached hydrogen (secondary N) is 1. The number of hydrogen-bond donors (Lipinski definition) is 1. The Labute approximate surface area is 112 Å². The summed E-state index contributed by atoms with van der Waals surface area (Å²) in [4.78, 5) is 13.5. The van der Waals surface area contributed by atoms with E-state index in [2.05, 4.69) is 10.2 Å². The van der Waals surface area contributed by atoms with E-state index in [1.54, 1.807) is 4.90 Å². The van der Waals surface area contributed by atoms with E-state index in [-0.39, 0.29) is 10.8 Å². The monoisotopic (exact) mass is 286 g/mol. The summed E-state index contributed by atoms with van der Waals surface area (Å²) in [5.41, 5.74) is 0. The predicted molar refractivity (Wildman–Crippen MR) is 68.8 cm³/mol. The SMILES string of the molecule is CCC(=O)N1CCCN(S(=O)(=O)c2cn[nH]c2)CC1. The maximum Gasteiger partial charge on any atom is 0.246 e. The van der Waals surface area contributed by atoms with Gasteiger partial charge in [-0.1, -0.05) is 6.92 Å². The minimum absolute atomic E-state index is 0.0718. The molecule has 1 aromatic rings. The van der Waals surface area contributed by atoms with Gasteiger partial charge < -0.3 is 4.90 Å². The van der Waals surface area contributed by atoms with Gasteiger partial charge in [-0.05, 0) is 6.42 Å². The third-order valence-electron chi connectivity index (χ3n) is 3.22. The number of carbonyl (C=O) groups is 1. The van der Waals surface area contributed by atoms with E-state index in [4.69, 9.17) is 0 Å². The average molecular weight is 286 g/mol. The molecule has 1 aromatic heterocycles. The lowest BCUT2D eigenvalue weighted by Crippen LogP contribution is -2.37. The standard InChI is InChI=1S/C11H18N4O3S/c1-2-11(16)14-4-3-5-15(7-6-14)19(17,18)10-8-12-13-9-10/h8-9H,2-7H2,1H3,(H,12,13). The van der Waals surface area contributed by atoms with Gasteiger partial charge in [-0.3, -0.25) is 9.89 Å². The lowest BCUT2D eigenvalue weighted by molar-refractivity contribution is -0.130. The summed E-state index contributed by atoms with van der Waals surface area (Å²) in [5.74, 6) is 0.0718. The van der Waals surface area contributed by atoms with E-state index in [1.165, 1.54) is 16.7 Å². The fraction of sp³-hybridized carbons (Fsp3) is 0.636. The molecule has 2 rings (SSSR count). The highest BCUT2D eigenvalue weighted by atomic mass is 32.2. The summed E-state index contributed by atoms with van der Waals surface area (Å²) in [7, 11) is -3.50. The minimum Gasteiger partial charge on any atom is -0.341 e. The van der Waals surface area contributed by atoms with Gasteiger partial charge in [-0.15, -0.1) is 0 Å². The summed E-state index contributed by atoms with van der Waals surface area (Å²) in [6, 6.07) is 0. The zero-order valence-corrected chi connectivity index (χ0v) is 11.7. The summed E-state index contributed by atoms with van der Waals surface area (Å²) in [6.45, 7) is 3.64. The van der Waals surface area contributed by atoms with Crippen LogP contribution in [0.25, 0.3) is 0 Å². The normalized spacial score (nSPS) is 18.3. The van der Waals surface area contributed by atoms with Crippen LogP contribution in [0.3, 0.4) is 0 Å². The Balaban J connectivity index is 2.10. The molecule has 0 atom stereocenters. The number of amides is 1. The minimum atomic E-state index is -3.50. The molecule has 19 heavy (non-hydrogen) atoms. The van der Waals surface area contributed by atoms with Gasteiger partial charge in [0.15, 0.2) is 0 Å². The molecule has 1 fully saturated rings. The highest BCUT2D eigenvalue weighted by Crippen LogP contribution is 2.16. The molecular weight excluding hydrogens is 268 g/mol. The lowest BCUT2D eigenvalue weighted by Gasteiger charge is -2.21. The van der Waals surface area contributed by atoms with E-state index in [9.17, 15) is 13.2 Å². The second kappa shape index (κ2) is 5.70. The van der Waals surface area contributed by atoms with Crippen LogP contribution in [0.15, 0.2) is 17.3 Å². The highest BCUT2D eigenvalue weighted by Gasteiger charge is 2.28. The Bertz CT molecular complexity index is 526. The van der Waals surface area contributed by atoms with E-state index in [0.29, 0.717) is 39.0 Å². The molecule has 0 bridgehead atoms. The Morgan fingerprint density at radius 1 is 1.37 bits per heavy atom. The van der Waals surface area contributed by atoms with Gasteiger partial charge in [0.05, 0.1) is 6.20 Å². The molecule has 0 saturated carbocycles. The van der Waals surface area contributed by atoms with Crippen molar-refractivity contribution in [3.05, 3.63) is 12.4 Å². The molecule has 8 heteroatoms. The molecule has 1 aliphatic rings. The summed E-state index contributed by atoms with van der Waals surface area (Å²) in [5, 5.41) is 6.17. The molecule has 1 amide bonds. The third kappa shape index (κ3) is 2.95. The Hall–Kier alpha value is -1.41. The average Bonchev–Trinajstić information content (AvgIpc) is 2.83. The van der Waals surface area contributed by atoms with Crippen molar-refractivity contribution in [2.75, 3.05) is 26.2 Å². The molecule has 2 heterocycles. The van der Waals surface area contributed by atoms with Gasteiger partial charge >= 0.3 is 0 Å². The van der Waals surface area contributed by atoms with Crippen molar-refractivity contribution in [2.24, 2.45) is 0 Å². The summed E-state index contributed by atoms with van der Waals surface area (Å²) < 4.78 is 26.0. The van der Waals surface area contributed by atoms with Crippen molar-refractivity contribution in [3.8, 4) is 0 Å². The molecule has 1 N–H and O–H groups in total. The second-order valence-corrected chi connectivity index (χ2v) is 6.36. The predicted octanol–water partition coefficient (Wildman–Crippen LogP) is 0.0427. The zero-order chi connectivity index (χ0) is 13.9. The molecule has 0 unspecified atom stereocenters. The lowest BCUT2D eigenvalue weighted by atomic mass is 10.3. The van der Waals surface area contributed by atoms with Crippen LogP contribution in [0.4, 0.5) is 0 Å². The zero-order valence-electron chi connectivity index (χ0n) is 10.9. The highest BCUT2D eigenvalue weighted by molar-refractivity contribution is 7.89. The first-order valence-corrected chi connectivity index (χ1v) is 7.76. The van der Waals surface area contributed by atoms with Crippen molar-refractivity contribution in [1.29, 1.82) is 0 Å². The largest absolute Gasteiger partial charge is 0.341 e. The maximum atomic E-state index is 12.3. The van der Waals surface area contributed by atoms with Gasteiger partial charge in [0, 0.05) is 38.8 Å². The van der Waals surface area contributed by atoms with Crippen LogP contribution in [-0.2, 0) is 14.8 Å². The first-order chi connectivity index (χ1) is 9.05. The maximum absolute atomic E-state index is 12.3. The molecule has 0 aromatic carbocycles. The van der Waals surface area contributed by atoms with E-state index in [0.717, 1.165) is 0 Å². The molecule has 0 aliphatic carbocycles. The molecule has 0 radical (unpaired) electrons. The van der Waals surface area contributed by atoms with Gasteiger partial charge in [0.2, 0.25) is 15.9 Å². The molecular formula is C11H18N4O3S.